The monoisotopic (exact) mass is 575 g/mol. The fourth-order valence-corrected chi connectivity index (χ4v) is 4.31. The first kappa shape index (κ1) is 29.5. The smallest absolute Gasteiger partial charge is 0.207 e. The van der Waals surface area contributed by atoms with Crippen molar-refractivity contribution in [2.45, 2.75) is 13.8 Å². The van der Waals surface area contributed by atoms with Crippen LogP contribution < -0.4 is 10.6 Å². The maximum Gasteiger partial charge on any atom is 0.207 e. The van der Waals surface area contributed by atoms with Crippen molar-refractivity contribution in [1.29, 1.82) is 0 Å². The number of nitrogens with one attached hydrogen (secondary N) is 2. The van der Waals surface area contributed by atoms with Crippen LogP contribution in [0, 0.1) is 0 Å². The van der Waals surface area contributed by atoms with Gasteiger partial charge in [0, 0.05) is 22.3 Å². The molecule has 0 aliphatic heterocycles. The minimum atomic E-state index is 0.436. The quantitative estimate of drug-likeness (QED) is 0.119. The number of hydrogen-bond donors (Lipinski definition) is 2. The molecular weight excluding hydrogens is 542 g/mol. The lowest BCUT2D eigenvalue weighted by Gasteiger charge is -2.12. The number of guanidine groups is 1. The van der Waals surface area contributed by atoms with Crippen LogP contribution in [0.4, 0.5) is 5.69 Å². The zero-order chi connectivity index (χ0) is 30.4. The summed E-state index contributed by atoms with van der Waals surface area (Å²) in [5.41, 5.74) is 6.19. The molecule has 0 saturated heterocycles. The van der Waals surface area contributed by atoms with Crippen LogP contribution in [0.3, 0.4) is 0 Å². The topological polar surface area (TPSA) is 85.9 Å². The molecule has 0 heterocycles. The fourth-order valence-electron chi connectivity index (χ4n) is 4.31. The predicted molar refractivity (Wildman–Crippen MR) is 183 cm³/mol. The molecule has 0 bridgehead atoms. The summed E-state index contributed by atoms with van der Waals surface area (Å²) in [6.45, 7) is 3.68. The summed E-state index contributed by atoms with van der Waals surface area (Å²) in [5.74, 6) is 1.52. The van der Waals surface area contributed by atoms with E-state index < -0.39 is 0 Å². The third-order valence-electron chi connectivity index (χ3n) is 6.38. The summed E-state index contributed by atoms with van der Waals surface area (Å²) >= 11 is 0. The van der Waals surface area contributed by atoms with E-state index in [0.717, 1.165) is 39.4 Å². The molecule has 7 heteroatoms. The number of rotatable bonds is 7. The molecule has 0 fully saturated rings. The SMILES string of the molecule is C/C(=N\N=C(c1ccccc1)c1ccccc1)NC(=Nc1ccccc1)N/C(C)=N/N=C(c1ccccc1)c1ccccc1. The molecule has 5 rings (SSSR count). The average molecular weight is 576 g/mol. The van der Waals surface area contributed by atoms with Gasteiger partial charge in [-0.25, -0.2) is 4.99 Å². The zero-order valence-corrected chi connectivity index (χ0v) is 24.7. The van der Waals surface area contributed by atoms with Crippen molar-refractivity contribution < 1.29 is 0 Å². The molecule has 5 aromatic rings. The van der Waals surface area contributed by atoms with Gasteiger partial charge in [-0.15, -0.1) is 20.4 Å². The highest BCUT2D eigenvalue weighted by Gasteiger charge is 2.09. The van der Waals surface area contributed by atoms with Crippen molar-refractivity contribution in [2.75, 3.05) is 0 Å². The predicted octanol–water partition coefficient (Wildman–Crippen LogP) is 7.60. The van der Waals surface area contributed by atoms with E-state index in [9.17, 15) is 0 Å². The largest absolute Gasteiger partial charge is 0.313 e. The first-order valence-corrected chi connectivity index (χ1v) is 14.3. The highest BCUT2D eigenvalue weighted by Crippen LogP contribution is 2.13. The van der Waals surface area contributed by atoms with Crippen LogP contribution in [0.15, 0.2) is 177 Å². The first-order chi connectivity index (χ1) is 21.7. The van der Waals surface area contributed by atoms with E-state index in [1.807, 2.05) is 166 Å². The van der Waals surface area contributed by atoms with E-state index in [1.165, 1.54) is 0 Å². The Bertz CT molecular complexity index is 1580. The Balaban J connectivity index is 1.44. The molecule has 2 N–H and O–H groups in total. The first-order valence-electron chi connectivity index (χ1n) is 14.3. The third kappa shape index (κ3) is 8.53. The molecule has 0 atom stereocenters. The third-order valence-corrected chi connectivity index (χ3v) is 6.38. The lowest BCUT2D eigenvalue weighted by Crippen LogP contribution is -2.42. The summed E-state index contributed by atoms with van der Waals surface area (Å²) in [6, 6.07) is 49.7. The Hall–Kier alpha value is -5.95. The number of hydrogen-bond acceptors (Lipinski definition) is 5. The van der Waals surface area contributed by atoms with Gasteiger partial charge >= 0.3 is 0 Å². The van der Waals surface area contributed by atoms with E-state index in [1.54, 1.807) is 0 Å². The van der Waals surface area contributed by atoms with Gasteiger partial charge in [-0.2, -0.15) is 0 Å². The van der Waals surface area contributed by atoms with Gasteiger partial charge in [0.15, 0.2) is 0 Å². The second-order valence-electron chi connectivity index (χ2n) is 9.78. The molecule has 0 aliphatic carbocycles. The van der Waals surface area contributed by atoms with Gasteiger partial charge in [0.25, 0.3) is 0 Å². The standard InChI is InChI=1S/C37H33N7/c1-28(41-43-35(30-18-8-3-9-19-30)31-20-10-4-11-21-31)38-37(40-34-26-16-7-17-27-34)39-29(2)42-44-36(32-22-12-5-13-23-32)33-24-14-6-15-25-33/h3-27H,1-2H3,(H2,38,39,40,41,42). The summed E-state index contributed by atoms with van der Waals surface area (Å²) in [7, 11) is 0. The second kappa shape index (κ2) is 15.3. The van der Waals surface area contributed by atoms with Gasteiger partial charge < -0.3 is 10.6 Å². The molecule has 0 amide bonds. The second-order valence-corrected chi connectivity index (χ2v) is 9.78. The Morgan fingerprint density at radius 2 is 0.682 bits per heavy atom. The summed E-state index contributed by atoms with van der Waals surface area (Å²) in [5, 5.41) is 24.8. The highest BCUT2D eigenvalue weighted by molar-refractivity contribution is 6.14. The van der Waals surface area contributed by atoms with Crippen LogP contribution in [0.5, 0.6) is 0 Å². The summed E-state index contributed by atoms with van der Waals surface area (Å²) in [4.78, 5) is 4.76. The van der Waals surface area contributed by atoms with Crippen molar-refractivity contribution in [2.24, 2.45) is 25.4 Å². The van der Waals surface area contributed by atoms with Crippen molar-refractivity contribution >= 4 is 34.7 Å². The fraction of sp³-hybridized carbons (Fsp3) is 0.0541. The minimum Gasteiger partial charge on any atom is -0.313 e. The maximum absolute atomic E-state index is 4.76. The molecule has 0 aliphatic rings. The van der Waals surface area contributed by atoms with Crippen molar-refractivity contribution in [3.8, 4) is 0 Å². The average Bonchev–Trinajstić information content (AvgIpc) is 3.07. The van der Waals surface area contributed by atoms with Gasteiger partial charge in [0.2, 0.25) is 5.96 Å². The summed E-state index contributed by atoms with van der Waals surface area (Å²) in [6.07, 6.45) is 0. The minimum absolute atomic E-state index is 0.436. The Kier molecular flexibility index (Phi) is 10.3. The molecule has 0 aromatic heterocycles. The van der Waals surface area contributed by atoms with Crippen LogP contribution in [-0.4, -0.2) is 29.1 Å². The molecule has 44 heavy (non-hydrogen) atoms. The van der Waals surface area contributed by atoms with Crippen LogP contribution in [0.25, 0.3) is 0 Å². The normalized spacial score (nSPS) is 11.2. The number of amidine groups is 2. The van der Waals surface area contributed by atoms with Crippen LogP contribution in [0.2, 0.25) is 0 Å². The van der Waals surface area contributed by atoms with Gasteiger partial charge in [0.05, 0.1) is 5.69 Å². The number of benzene rings is 5. The number of nitrogens with zero attached hydrogens (tertiary/aromatic N) is 5. The Labute approximate surface area is 258 Å². The van der Waals surface area contributed by atoms with Crippen molar-refractivity contribution in [3.63, 3.8) is 0 Å². The highest BCUT2D eigenvalue weighted by atomic mass is 15.3. The van der Waals surface area contributed by atoms with E-state index >= 15 is 0 Å². The van der Waals surface area contributed by atoms with Gasteiger partial charge in [0.1, 0.15) is 23.1 Å². The molecule has 5 aromatic carbocycles. The number of para-hydroxylation sites is 1. The molecule has 0 saturated carbocycles. The molecule has 7 nitrogen and oxygen atoms in total. The number of aliphatic imine (C=N–C) groups is 1. The molecule has 216 valence electrons. The van der Waals surface area contributed by atoms with Gasteiger partial charge in [-0.1, -0.05) is 140 Å². The summed E-state index contributed by atoms with van der Waals surface area (Å²) < 4.78 is 0. The van der Waals surface area contributed by atoms with Crippen LogP contribution in [-0.2, 0) is 0 Å². The van der Waals surface area contributed by atoms with Crippen LogP contribution in [0.1, 0.15) is 36.1 Å². The molecule has 0 unspecified atom stereocenters. The van der Waals surface area contributed by atoms with Gasteiger partial charge in [-0.05, 0) is 26.0 Å². The van der Waals surface area contributed by atoms with Gasteiger partial charge in [-0.3, -0.25) is 0 Å². The Morgan fingerprint density at radius 1 is 0.386 bits per heavy atom. The van der Waals surface area contributed by atoms with E-state index in [2.05, 4.69) is 31.0 Å². The molecular formula is C37H33N7. The van der Waals surface area contributed by atoms with Crippen molar-refractivity contribution in [3.05, 3.63) is 174 Å². The van der Waals surface area contributed by atoms with Crippen molar-refractivity contribution in [1.82, 2.24) is 10.6 Å². The Morgan fingerprint density at radius 3 is 1.00 bits per heavy atom. The van der Waals surface area contributed by atoms with E-state index in [-0.39, 0.29) is 0 Å². The van der Waals surface area contributed by atoms with E-state index in [4.69, 9.17) is 4.99 Å². The van der Waals surface area contributed by atoms with E-state index in [0.29, 0.717) is 17.6 Å². The lowest BCUT2D eigenvalue weighted by atomic mass is 10.0. The maximum atomic E-state index is 4.76. The zero-order valence-electron chi connectivity index (χ0n) is 24.7. The molecule has 0 spiro atoms. The molecule has 0 radical (unpaired) electrons. The lowest BCUT2D eigenvalue weighted by molar-refractivity contribution is 1.10. The van der Waals surface area contributed by atoms with Crippen LogP contribution >= 0.6 is 0 Å².